The normalized spacial score (nSPS) is 10.2. The van der Waals surface area contributed by atoms with Gasteiger partial charge in [0.2, 0.25) is 0 Å². The van der Waals surface area contributed by atoms with Crippen molar-refractivity contribution in [1.29, 1.82) is 0 Å². The van der Waals surface area contributed by atoms with Crippen LogP contribution in [0.1, 0.15) is 5.56 Å². The highest BCUT2D eigenvalue weighted by atomic mass is 15.1. The lowest BCUT2D eigenvalue weighted by Crippen LogP contribution is -2.07. The lowest BCUT2D eigenvalue weighted by molar-refractivity contribution is 0.895. The summed E-state index contributed by atoms with van der Waals surface area (Å²) in [5.74, 6) is 1.06. The van der Waals surface area contributed by atoms with Crippen molar-refractivity contribution in [3.8, 4) is 0 Å². The van der Waals surface area contributed by atoms with Crippen LogP contribution >= 0.6 is 0 Å². The lowest BCUT2D eigenvalue weighted by Gasteiger charge is -2.06. The number of hydrogen-bond donors (Lipinski definition) is 1. The van der Waals surface area contributed by atoms with Gasteiger partial charge in [0.25, 0.3) is 0 Å². The second-order valence-corrected chi connectivity index (χ2v) is 3.55. The predicted molar refractivity (Wildman–Crippen MR) is 61.8 cm³/mol. The van der Waals surface area contributed by atoms with Crippen molar-refractivity contribution in [3.63, 3.8) is 0 Å². The molecule has 0 fully saturated rings. The number of anilines is 1. The standard InChI is InChI=1S/C12H15N3/c1-15-10-13-9-12(15)14-8-7-11-5-3-2-4-6-11/h2-6,9-10,14H,7-8H2,1H3. The van der Waals surface area contributed by atoms with Crippen LogP contribution in [0.2, 0.25) is 0 Å². The zero-order valence-corrected chi connectivity index (χ0v) is 8.85. The van der Waals surface area contributed by atoms with Gasteiger partial charge in [0.15, 0.2) is 0 Å². The first-order valence-corrected chi connectivity index (χ1v) is 5.10. The van der Waals surface area contributed by atoms with E-state index < -0.39 is 0 Å². The van der Waals surface area contributed by atoms with E-state index in [1.807, 2.05) is 23.9 Å². The molecule has 1 N–H and O–H groups in total. The maximum absolute atomic E-state index is 4.05. The zero-order valence-electron chi connectivity index (χ0n) is 8.85. The fourth-order valence-electron chi connectivity index (χ4n) is 1.51. The lowest BCUT2D eigenvalue weighted by atomic mass is 10.1. The maximum Gasteiger partial charge on any atom is 0.125 e. The second kappa shape index (κ2) is 4.64. The van der Waals surface area contributed by atoms with Gasteiger partial charge in [-0.05, 0) is 12.0 Å². The highest BCUT2D eigenvalue weighted by Crippen LogP contribution is 2.04. The zero-order chi connectivity index (χ0) is 10.5. The Bertz CT molecular complexity index is 406. The van der Waals surface area contributed by atoms with Crippen molar-refractivity contribution in [3.05, 3.63) is 48.4 Å². The largest absolute Gasteiger partial charge is 0.370 e. The Morgan fingerprint density at radius 1 is 1.27 bits per heavy atom. The number of benzene rings is 1. The summed E-state index contributed by atoms with van der Waals surface area (Å²) in [6.07, 6.45) is 4.67. The average Bonchev–Trinajstić information content (AvgIpc) is 2.66. The third kappa shape index (κ3) is 2.59. The molecule has 0 spiro atoms. The molecular weight excluding hydrogens is 186 g/mol. The molecule has 0 saturated carbocycles. The fourth-order valence-corrected chi connectivity index (χ4v) is 1.51. The Balaban J connectivity index is 1.83. The third-order valence-electron chi connectivity index (χ3n) is 2.38. The maximum atomic E-state index is 4.05. The third-order valence-corrected chi connectivity index (χ3v) is 2.38. The van der Waals surface area contributed by atoms with E-state index in [2.05, 4.69) is 34.6 Å². The van der Waals surface area contributed by atoms with Gasteiger partial charge in [0, 0.05) is 13.6 Å². The molecule has 15 heavy (non-hydrogen) atoms. The van der Waals surface area contributed by atoms with E-state index in [4.69, 9.17) is 0 Å². The van der Waals surface area contributed by atoms with Crippen LogP contribution in [0.4, 0.5) is 5.82 Å². The van der Waals surface area contributed by atoms with Crippen molar-refractivity contribution in [2.45, 2.75) is 6.42 Å². The number of aryl methyl sites for hydroxylation is 1. The average molecular weight is 201 g/mol. The summed E-state index contributed by atoms with van der Waals surface area (Å²) in [6.45, 7) is 0.934. The van der Waals surface area contributed by atoms with Crippen LogP contribution in [0, 0.1) is 0 Å². The molecule has 2 rings (SSSR count). The van der Waals surface area contributed by atoms with Gasteiger partial charge in [-0.1, -0.05) is 30.3 Å². The van der Waals surface area contributed by atoms with Crippen molar-refractivity contribution >= 4 is 5.82 Å². The predicted octanol–water partition coefficient (Wildman–Crippen LogP) is 2.07. The molecule has 2 aromatic rings. The summed E-state index contributed by atoms with van der Waals surface area (Å²) in [4.78, 5) is 4.05. The van der Waals surface area contributed by atoms with Crippen LogP contribution in [0.3, 0.4) is 0 Å². The van der Waals surface area contributed by atoms with Gasteiger partial charge >= 0.3 is 0 Å². The Hall–Kier alpha value is -1.77. The van der Waals surface area contributed by atoms with Crippen LogP contribution in [-0.2, 0) is 13.5 Å². The number of imidazole rings is 1. The van der Waals surface area contributed by atoms with Gasteiger partial charge in [-0.3, -0.25) is 0 Å². The quantitative estimate of drug-likeness (QED) is 0.820. The first-order chi connectivity index (χ1) is 7.36. The number of nitrogens with one attached hydrogen (secondary N) is 1. The Morgan fingerprint density at radius 2 is 2.07 bits per heavy atom. The van der Waals surface area contributed by atoms with Crippen molar-refractivity contribution in [2.75, 3.05) is 11.9 Å². The van der Waals surface area contributed by atoms with E-state index in [-0.39, 0.29) is 0 Å². The van der Waals surface area contributed by atoms with Crippen LogP contribution < -0.4 is 5.32 Å². The SMILES string of the molecule is Cn1cncc1NCCc1ccccc1. The molecule has 3 heteroatoms. The molecular formula is C12H15N3. The Kier molecular flexibility index (Phi) is 3.02. The number of aromatic nitrogens is 2. The molecule has 0 amide bonds. The van der Waals surface area contributed by atoms with Crippen LogP contribution in [0.5, 0.6) is 0 Å². The van der Waals surface area contributed by atoms with Gasteiger partial charge < -0.3 is 9.88 Å². The van der Waals surface area contributed by atoms with E-state index in [1.54, 1.807) is 6.33 Å². The van der Waals surface area contributed by atoms with Crippen molar-refractivity contribution in [1.82, 2.24) is 9.55 Å². The first kappa shape index (κ1) is 9.77. The van der Waals surface area contributed by atoms with E-state index >= 15 is 0 Å². The minimum Gasteiger partial charge on any atom is -0.370 e. The molecule has 0 aliphatic heterocycles. The summed E-state index contributed by atoms with van der Waals surface area (Å²) in [6, 6.07) is 10.5. The summed E-state index contributed by atoms with van der Waals surface area (Å²) < 4.78 is 1.98. The fraction of sp³-hybridized carbons (Fsp3) is 0.250. The molecule has 0 aliphatic rings. The monoisotopic (exact) mass is 201 g/mol. The van der Waals surface area contributed by atoms with Gasteiger partial charge in [-0.2, -0.15) is 0 Å². The molecule has 0 saturated heterocycles. The Morgan fingerprint density at radius 3 is 2.73 bits per heavy atom. The molecule has 1 aromatic carbocycles. The smallest absolute Gasteiger partial charge is 0.125 e. The molecule has 1 aromatic heterocycles. The molecule has 0 unspecified atom stereocenters. The van der Waals surface area contributed by atoms with Gasteiger partial charge in [-0.25, -0.2) is 4.98 Å². The van der Waals surface area contributed by atoms with Crippen molar-refractivity contribution < 1.29 is 0 Å². The molecule has 1 heterocycles. The van der Waals surface area contributed by atoms with Crippen LogP contribution in [0.15, 0.2) is 42.9 Å². The molecule has 0 atom stereocenters. The van der Waals surface area contributed by atoms with Crippen molar-refractivity contribution in [2.24, 2.45) is 7.05 Å². The van der Waals surface area contributed by atoms with E-state index in [1.165, 1.54) is 5.56 Å². The second-order valence-electron chi connectivity index (χ2n) is 3.55. The molecule has 3 nitrogen and oxygen atoms in total. The first-order valence-electron chi connectivity index (χ1n) is 5.10. The Labute approximate surface area is 89.8 Å². The van der Waals surface area contributed by atoms with Crippen LogP contribution in [0.25, 0.3) is 0 Å². The highest BCUT2D eigenvalue weighted by Gasteiger charge is 1.96. The molecule has 78 valence electrons. The topological polar surface area (TPSA) is 29.9 Å². The van der Waals surface area contributed by atoms with E-state index in [0.717, 1.165) is 18.8 Å². The molecule has 0 aliphatic carbocycles. The minimum atomic E-state index is 0.934. The number of nitrogens with zero attached hydrogens (tertiary/aromatic N) is 2. The summed E-state index contributed by atoms with van der Waals surface area (Å²) >= 11 is 0. The van der Waals surface area contributed by atoms with Crippen LogP contribution in [-0.4, -0.2) is 16.1 Å². The number of rotatable bonds is 4. The number of hydrogen-bond acceptors (Lipinski definition) is 2. The molecule has 0 bridgehead atoms. The van der Waals surface area contributed by atoms with Gasteiger partial charge in [0.05, 0.1) is 12.5 Å². The highest BCUT2D eigenvalue weighted by molar-refractivity contribution is 5.32. The minimum absolute atomic E-state index is 0.934. The van der Waals surface area contributed by atoms with E-state index in [9.17, 15) is 0 Å². The van der Waals surface area contributed by atoms with Gasteiger partial charge in [-0.15, -0.1) is 0 Å². The summed E-state index contributed by atoms with van der Waals surface area (Å²) in [5, 5.41) is 3.34. The molecule has 0 radical (unpaired) electrons. The summed E-state index contributed by atoms with van der Waals surface area (Å²) in [7, 11) is 1.98. The summed E-state index contributed by atoms with van der Waals surface area (Å²) in [5.41, 5.74) is 1.35. The van der Waals surface area contributed by atoms with E-state index in [0.29, 0.717) is 0 Å². The van der Waals surface area contributed by atoms with Gasteiger partial charge in [0.1, 0.15) is 5.82 Å².